The van der Waals surface area contributed by atoms with Gasteiger partial charge in [0.25, 0.3) is 17.6 Å². The lowest BCUT2D eigenvalue weighted by Crippen LogP contribution is -2.38. The lowest BCUT2D eigenvalue weighted by molar-refractivity contribution is -0.654. The molecule has 0 spiro atoms. The summed E-state index contributed by atoms with van der Waals surface area (Å²) in [6, 6.07) is 4.62. The van der Waals surface area contributed by atoms with Gasteiger partial charge in [-0.1, -0.05) is 11.6 Å². The predicted octanol–water partition coefficient (Wildman–Crippen LogP) is 0.0688. The van der Waals surface area contributed by atoms with Crippen LogP contribution in [0.5, 0.6) is 0 Å². The third-order valence-electron chi connectivity index (χ3n) is 5.67. The fourth-order valence-electron chi connectivity index (χ4n) is 3.91. The average molecular weight is 488 g/mol. The monoisotopic (exact) mass is 487 g/mol. The van der Waals surface area contributed by atoms with E-state index in [9.17, 15) is 14.4 Å². The first kappa shape index (κ1) is 23.2. The maximum absolute atomic E-state index is 12.7. The lowest BCUT2D eigenvalue weighted by Gasteiger charge is -2.08. The van der Waals surface area contributed by atoms with Crippen molar-refractivity contribution in [3.8, 4) is 0 Å². The van der Waals surface area contributed by atoms with E-state index >= 15 is 0 Å². The molecular weight excluding hydrogens is 464 g/mol. The topological polar surface area (TPSA) is 171 Å². The van der Waals surface area contributed by atoms with E-state index in [1.807, 2.05) is 29.2 Å². The molecule has 1 aliphatic rings. The highest BCUT2D eigenvalue weighted by Crippen LogP contribution is 2.19. The third-order valence-corrected chi connectivity index (χ3v) is 5.95. The number of fused-ring (bicyclic) bond motifs is 1. The second-order valence-corrected chi connectivity index (χ2v) is 8.08. The van der Waals surface area contributed by atoms with E-state index < -0.39 is 17.9 Å². The fourth-order valence-corrected chi connectivity index (χ4v) is 4.04. The smallest absolute Gasteiger partial charge is 0.328 e. The van der Waals surface area contributed by atoms with Crippen LogP contribution in [0.15, 0.2) is 18.2 Å². The molecule has 2 aromatic heterocycles. The molecule has 0 radical (unpaired) electrons. The number of nitrogens with two attached hydrogens (primary N) is 2. The highest BCUT2D eigenvalue weighted by Gasteiger charge is 2.29. The maximum Gasteiger partial charge on any atom is 0.328 e. The Bertz CT molecular complexity index is 1320. The number of carbonyl (C=O) groups is 3. The second-order valence-electron chi connectivity index (χ2n) is 7.72. The zero-order valence-electron chi connectivity index (χ0n) is 18.6. The van der Waals surface area contributed by atoms with Gasteiger partial charge in [-0.2, -0.15) is 0 Å². The molecule has 34 heavy (non-hydrogen) atoms. The molecule has 1 fully saturated rings. The molecule has 1 aromatic carbocycles. The number of hydrogen-bond acceptors (Lipinski definition) is 8. The number of nitrogen functional groups attached to an aromatic ring is 2. The minimum Gasteiger partial charge on any atom is -0.464 e. The summed E-state index contributed by atoms with van der Waals surface area (Å²) in [6.07, 6.45) is 0.449. The van der Waals surface area contributed by atoms with Crippen LogP contribution in [0.3, 0.4) is 0 Å². The minimum absolute atomic E-state index is 0.0575. The lowest BCUT2D eigenvalue weighted by atomic mass is 10.1. The van der Waals surface area contributed by atoms with Crippen molar-refractivity contribution >= 4 is 52.1 Å². The van der Waals surface area contributed by atoms with Gasteiger partial charge in [0.15, 0.2) is 33.5 Å². The largest absolute Gasteiger partial charge is 0.464 e. The normalized spacial score (nSPS) is 15.4. The summed E-state index contributed by atoms with van der Waals surface area (Å²) < 4.78 is 8.79. The van der Waals surface area contributed by atoms with Crippen LogP contribution in [0.1, 0.15) is 40.0 Å². The third kappa shape index (κ3) is 4.19. The van der Waals surface area contributed by atoms with E-state index in [1.165, 1.54) is 0 Å². The van der Waals surface area contributed by atoms with E-state index in [0.717, 1.165) is 16.9 Å². The van der Waals surface area contributed by atoms with Crippen LogP contribution in [0.2, 0.25) is 5.15 Å². The summed E-state index contributed by atoms with van der Waals surface area (Å²) >= 11 is 5.87. The number of nitrogens with zero attached hydrogens (tertiary/aromatic N) is 4. The van der Waals surface area contributed by atoms with Crippen LogP contribution in [-0.2, 0) is 29.7 Å². The highest BCUT2D eigenvalue weighted by atomic mass is 35.5. The van der Waals surface area contributed by atoms with Crippen LogP contribution in [-0.4, -0.2) is 45.0 Å². The van der Waals surface area contributed by atoms with Crippen molar-refractivity contribution in [3.05, 3.63) is 40.4 Å². The fraction of sp³-hybridized carbons (Fsp3) is 0.333. The highest BCUT2D eigenvalue weighted by molar-refractivity contribution is 6.31. The number of benzene rings is 1. The molecule has 0 aliphatic carbocycles. The van der Waals surface area contributed by atoms with Crippen molar-refractivity contribution in [3.63, 3.8) is 0 Å². The van der Waals surface area contributed by atoms with Gasteiger partial charge in [-0.05, 0) is 19.1 Å². The Morgan fingerprint density at radius 1 is 1.26 bits per heavy atom. The summed E-state index contributed by atoms with van der Waals surface area (Å²) in [5.74, 6) is -0.747. The Balaban J connectivity index is 1.59. The van der Waals surface area contributed by atoms with E-state index in [4.69, 9.17) is 27.8 Å². The Labute approximate surface area is 199 Å². The standard InChI is InChI=1S/C21H23ClN8O4/c1-3-30-13-8-10(19(31)26-11-6-7-34-21(11)33)4-5-12(13)29(2)14(30)9-25-20(32)15-17(23)28-18(24)16(22)27-15/h4-5,8,11H,3,6-7,9H2,1-2H3,(H5-,23,24,25,26,28,31,32)/p+1. The molecule has 3 aromatic rings. The number of aromatic nitrogens is 4. The number of aryl methyl sites for hydroxylation is 2. The number of nitrogens with one attached hydrogen (secondary N) is 2. The molecular formula is C21H24ClN8O4+. The zero-order valence-corrected chi connectivity index (χ0v) is 19.3. The molecule has 6 N–H and O–H groups in total. The van der Waals surface area contributed by atoms with Gasteiger partial charge in [0.1, 0.15) is 12.6 Å². The molecule has 1 aliphatic heterocycles. The van der Waals surface area contributed by atoms with Crippen molar-refractivity contribution in [1.29, 1.82) is 0 Å². The molecule has 1 saturated heterocycles. The molecule has 1 unspecified atom stereocenters. The van der Waals surface area contributed by atoms with Crippen LogP contribution in [0.25, 0.3) is 11.0 Å². The van der Waals surface area contributed by atoms with E-state index in [0.29, 0.717) is 25.1 Å². The van der Waals surface area contributed by atoms with Crippen molar-refractivity contribution in [2.45, 2.75) is 32.5 Å². The van der Waals surface area contributed by atoms with Gasteiger partial charge < -0.3 is 26.8 Å². The first-order chi connectivity index (χ1) is 16.2. The van der Waals surface area contributed by atoms with Crippen LogP contribution < -0.4 is 26.7 Å². The van der Waals surface area contributed by atoms with Crippen LogP contribution in [0.4, 0.5) is 11.6 Å². The number of halogens is 1. The number of rotatable bonds is 6. The molecule has 3 heterocycles. The van der Waals surface area contributed by atoms with Gasteiger partial charge in [0.05, 0.1) is 20.2 Å². The summed E-state index contributed by atoms with van der Waals surface area (Å²) in [5.41, 5.74) is 13.3. The number of ether oxygens (including phenoxy) is 1. The second kappa shape index (κ2) is 9.14. The SMILES string of the molecule is CCn1c(CNC(=O)c2nc(Cl)c(N)nc2N)[n+](C)c2ccc(C(=O)NC3CCOC3=O)cc21. The molecule has 1 atom stereocenters. The number of cyclic esters (lactones) is 1. The minimum atomic E-state index is -0.639. The van der Waals surface area contributed by atoms with Crippen molar-refractivity contribution in [2.75, 3.05) is 18.1 Å². The van der Waals surface area contributed by atoms with E-state index in [1.54, 1.807) is 12.1 Å². The number of anilines is 2. The molecule has 4 rings (SSSR count). The Kier molecular flexibility index (Phi) is 6.24. The maximum atomic E-state index is 12.7. The zero-order chi connectivity index (χ0) is 24.6. The van der Waals surface area contributed by atoms with Gasteiger partial charge in [-0.25, -0.2) is 23.9 Å². The Morgan fingerprint density at radius 3 is 2.71 bits per heavy atom. The average Bonchev–Trinajstić information content (AvgIpc) is 3.33. The molecule has 12 nitrogen and oxygen atoms in total. The van der Waals surface area contributed by atoms with Gasteiger partial charge in [0, 0.05) is 18.1 Å². The van der Waals surface area contributed by atoms with Gasteiger partial charge in [0.2, 0.25) is 0 Å². The number of esters is 1. The van der Waals surface area contributed by atoms with Crippen molar-refractivity contribution < 1.29 is 23.7 Å². The van der Waals surface area contributed by atoms with Crippen molar-refractivity contribution in [1.82, 2.24) is 25.2 Å². The van der Waals surface area contributed by atoms with E-state index in [2.05, 4.69) is 20.6 Å². The summed E-state index contributed by atoms with van der Waals surface area (Å²) in [4.78, 5) is 44.8. The molecule has 178 valence electrons. The Hall–Kier alpha value is -3.93. The molecule has 0 saturated carbocycles. The molecule has 13 heteroatoms. The first-order valence-electron chi connectivity index (χ1n) is 10.6. The van der Waals surface area contributed by atoms with Crippen LogP contribution >= 0.6 is 11.6 Å². The van der Waals surface area contributed by atoms with E-state index in [-0.39, 0.29) is 34.9 Å². The summed E-state index contributed by atoms with van der Waals surface area (Å²) in [6.45, 7) is 2.98. The first-order valence-corrected chi connectivity index (χ1v) is 10.9. The van der Waals surface area contributed by atoms with Gasteiger partial charge >= 0.3 is 5.97 Å². The number of hydrogen-bond donors (Lipinski definition) is 4. The van der Waals surface area contributed by atoms with Crippen molar-refractivity contribution in [2.24, 2.45) is 7.05 Å². The van der Waals surface area contributed by atoms with Crippen LogP contribution in [0, 0.1) is 0 Å². The van der Waals surface area contributed by atoms with Gasteiger partial charge in [-0.3, -0.25) is 9.59 Å². The molecule has 2 amide bonds. The number of imidazole rings is 1. The number of carbonyl (C=O) groups excluding carboxylic acids is 3. The summed E-state index contributed by atoms with van der Waals surface area (Å²) in [5, 5.41) is 5.38. The van der Waals surface area contributed by atoms with Gasteiger partial charge in [-0.15, -0.1) is 0 Å². The Morgan fingerprint density at radius 2 is 2.03 bits per heavy atom. The number of amides is 2. The quantitative estimate of drug-likeness (QED) is 0.279. The molecule has 0 bridgehead atoms. The predicted molar refractivity (Wildman–Crippen MR) is 123 cm³/mol. The summed E-state index contributed by atoms with van der Waals surface area (Å²) in [7, 11) is 1.86.